The molecule has 0 aliphatic rings. The standard InChI is InChI=1S/C32H12BF24.C14H13N4O/c34-25(35,36)13-1-14(26(37,38)39)6-21(5-13)33(22-7-15(27(40,41)42)2-16(8-22)28(43,44)45,23-9-17(29(46,47)48)3-18(10-23)30(49,50)51)24-11-19(31(52,53)54)4-20(12-24)32(55,56)57;15-17-16-10-14(19)13-8-4-5-9-18(13)11-12-6-2-1-3-7-12/h1-12H;1-9H,10-11H2/q-1;+1. The van der Waals surface area contributed by atoms with Crippen LogP contribution in [0.2, 0.25) is 0 Å². The van der Waals surface area contributed by atoms with Crippen molar-refractivity contribution in [2.75, 3.05) is 6.54 Å². The van der Waals surface area contributed by atoms with Crippen molar-refractivity contribution >= 4 is 33.8 Å². The fourth-order valence-corrected chi connectivity index (χ4v) is 7.89. The van der Waals surface area contributed by atoms with Gasteiger partial charge in [0, 0.05) is 22.6 Å². The lowest BCUT2D eigenvalue weighted by atomic mass is 9.12. The molecule has 30 heteroatoms. The molecule has 0 radical (unpaired) electrons. The van der Waals surface area contributed by atoms with Gasteiger partial charge in [-0.05, 0) is 35.9 Å². The van der Waals surface area contributed by atoms with E-state index in [2.05, 4.69) is 10.0 Å². The second kappa shape index (κ2) is 21.0. The van der Waals surface area contributed by atoms with Crippen molar-refractivity contribution in [3.05, 3.63) is 194 Å². The molecule has 0 saturated carbocycles. The molecule has 0 saturated heterocycles. The third-order valence-corrected chi connectivity index (χ3v) is 11.1. The number of rotatable bonds is 9. The minimum Gasteiger partial charge on any atom is -0.287 e. The van der Waals surface area contributed by atoms with E-state index in [0.717, 1.165) is 5.56 Å². The van der Waals surface area contributed by atoms with E-state index in [-0.39, 0.29) is 12.3 Å². The number of benzene rings is 5. The van der Waals surface area contributed by atoms with E-state index in [9.17, 15) is 110 Å². The number of carbonyl (C=O) groups is 1. The van der Waals surface area contributed by atoms with Crippen LogP contribution in [-0.4, -0.2) is 18.5 Å². The first kappa shape index (κ1) is 59.5. The Hall–Kier alpha value is -7.39. The summed E-state index contributed by atoms with van der Waals surface area (Å²) in [6.45, 7) is 0.453. The highest BCUT2D eigenvalue weighted by Crippen LogP contribution is 2.41. The number of hydrogen-bond acceptors (Lipinski definition) is 2. The number of pyridine rings is 1. The van der Waals surface area contributed by atoms with Crippen LogP contribution in [0, 0.1) is 0 Å². The van der Waals surface area contributed by atoms with Gasteiger partial charge in [0.1, 0.15) is 6.15 Å². The fourth-order valence-electron chi connectivity index (χ4n) is 7.89. The van der Waals surface area contributed by atoms with Gasteiger partial charge in [-0.15, -0.1) is 0 Å². The topological polar surface area (TPSA) is 69.7 Å². The molecule has 1 heterocycles. The molecule has 6 aromatic rings. The summed E-state index contributed by atoms with van der Waals surface area (Å²) in [5.74, 6) is -0.186. The highest BCUT2D eigenvalue weighted by Gasteiger charge is 2.47. The Kier molecular flexibility index (Phi) is 16.4. The molecular weight excluding hydrogens is 1090 g/mol. The molecule has 5 nitrogen and oxygen atoms in total. The summed E-state index contributed by atoms with van der Waals surface area (Å²) in [6.07, 6.45) is -53.0. The van der Waals surface area contributed by atoms with Crippen LogP contribution in [-0.2, 0) is 56.0 Å². The highest BCUT2D eigenvalue weighted by atomic mass is 19.4. The third-order valence-electron chi connectivity index (χ3n) is 11.1. The molecule has 0 spiro atoms. The minimum atomic E-state index is -6.13. The van der Waals surface area contributed by atoms with Gasteiger partial charge in [0.2, 0.25) is 11.5 Å². The zero-order valence-corrected chi connectivity index (χ0v) is 36.9. The van der Waals surface area contributed by atoms with Gasteiger partial charge in [-0.3, -0.25) is 4.79 Å². The maximum absolute atomic E-state index is 14.2. The third kappa shape index (κ3) is 13.9. The number of Topliss-reactive ketones (excluding diaryl/α,β-unsaturated/α-hetero) is 1. The SMILES string of the molecule is FC(F)(F)c1cc([B-](c2cc(C(F)(F)F)cc(C(F)(F)F)c2)(c2cc(C(F)(F)F)cc(C(F)(F)F)c2)c2cc(C(F)(F)F)cc(C(F)(F)F)c2)cc(C(F)(F)F)c1.[N-]=[N+]=NCC(=O)c1cccc[n+]1Cc1ccccc1. The Bertz CT molecular complexity index is 2690. The van der Waals surface area contributed by atoms with Crippen LogP contribution >= 0.6 is 0 Å². The fraction of sp³-hybridized carbons (Fsp3) is 0.217. The zero-order chi connectivity index (χ0) is 57.4. The van der Waals surface area contributed by atoms with Crippen LogP contribution in [0.25, 0.3) is 10.4 Å². The molecule has 0 bridgehead atoms. The molecule has 0 atom stereocenters. The predicted molar refractivity (Wildman–Crippen MR) is 221 cm³/mol. The van der Waals surface area contributed by atoms with Crippen LogP contribution in [0.15, 0.2) is 133 Å². The summed E-state index contributed by atoms with van der Waals surface area (Å²) >= 11 is 0. The number of azide groups is 1. The quantitative estimate of drug-likeness (QED) is 0.0270. The van der Waals surface area contributed by atoms with Gasteiger partial charge in [-0.2, -0.15) is 132 Å². The van der Waals surface area contributed by atoms with Gasteiger partial charge in [0.05, 0.1) is 51.1 Å². The average Bonchev–Trinajstić information content (AvgIpc) is 3.29. The van der Waals surface area contributed by atoms with Crippen LogP contribution in [0.1, 0.15) is 60.6 Å². The number of halogens is 24. The van der Waals surface area contributed by atoms with Gasteiger partial charge in [0.25, 0.3) is 0 Å². The van der Waals surface area contributed by atoms with Gasteiger partial charge < -0.3 is 0 Å². The molecule has 0 N–H and O–H groups in total. The van der Waals surface area contributed by atoms with Crippen molar-refractivity contribution in [1.82, 2.24) is 0 Å². The van der Waals surface area contributed by atoms with Crippen LogP contribution in [0.4, 0.5) is 105 Å². The lowest BCUT2D eigenvalue weighted by Gasteiger charge is -2.46. The molecule has 5 aromatic carbocycles. The molecule has 76 heavy (non-hydrogen) atoms. The normalized spacial score (nSPS) is 13.2. The summed E-state index contributed by atoms with van der Waals surface area (Å²) in [4.78, 5) is 14.5. The summed E-state index contributed by atoms with van der Waals surface area (Å²) in [6, 6.07) is 6.46. The molecule has 0 aliphatic carbocycles. The number of alkyl halides is 24. The smallest absolute Gasteiger partial charge is 0.287 e. The average molecular weight is 1120 g/mol. The van der Waals surface area contributed by atoms with E-state index >= 15 is 0 Å². The molecule has 406 valence electrons. The molecule has 0 amide bonds. The van der Waals surface area contributed by atoms with Crippen molar-refractivity contribution in [2.24, 2.45) is 5.11 Å². The monoisotopic (exact) mass is 1120 g/mol. The maximum Gasteiger partial charge on any atom is 0.416 e. The molecule has 6 rings (SSSR count). The van der Waals surface area contributed by atoms with Crippen LogP contribution < -0.4 is 26.4 Å². The van der Waals surface area contributed by atoms with Crippen LogP contribution in [0.3, 0.4) is 0 Å². The molecule has 0 unspecified atom stereocenters. The summed E-state index contributed by atoms with van der Waals surface area (Å²) < 4.78 is 343. The molecular formula is C46H25BF24N4O. The lowest BCUT2D eigenvalue weighted by Crippen LogP contribution is -2.75. The van der Waals surface area contributed by atoms with E-state index in [0.29, 0.717) is 12.2 Å². The Morgan fingerprint density at radius 1 is 0.408 bits per heavy atom. The second-order valence-electron chi connectivity index (χ2n) is 16.2. The van der Waals surface area contributed by atoms with E-state index < -0.39 is 195 Å². The second-order valence-corrected chi connectivity index (χ2v) is 16.2. The lowest BCUT2D eigenvalue weighted by molar-refractivity contribution is -0.690. The minimum absolute atomic E-state index is 0.157. The van der Waals surface area contributed by atoms with Gasteiger partial charge in [-0.25, -0.2) is 0 Å². The first-order valence-electron chi connectivity index (χ1n) is 20.5. The van der Waals surface area contributed by atoms with Gasteiger partial charge in [0.15, 0.2) is 12.7 Å². The van der Waals surface area contributed by atoms with E-state index in [1.54, 1.807) is 12.1 Å². The molecule has 0 aliphatic heterocycles. The van der Waals surface area contributed by atoms with Gasteiger partial charge >= 0.3 is 49.4 Å². The Morgan fingerprint density at radius 3 is 0.921 bits per heavy atom. The predicted octanol–water partition coefficient (Wildman–Crippen LogP) is 13.7. The number of nitrogens with zero attached hydrogens (tertiary/aromatic N) is 4. The Morgan fingerprint density at radius 2 is 0.671 bits per heavy atom. The summed E-state index contributed by atoms with van der Waals surface area (Å²) in [7, 11) is 0. The van der Waals surface area contributed by atoms with Crippen molar-refractivity contribution in [2.45, 2.75) is 56.0 Å². The van der Waals surface area contributed by atoms with E-state index in [1.807, 2.05) is 47.2 Å². The maximum atomic E-state index is 14.2. The van der Waals surface area contributed by atoms with Crippen molar-refractivity contribution in [3.8, 4) is 0 Å². The number of carbonyl (C=O) groups excluding carboxylic acids is 1. The number of ketones is 1. The van der Waals surface area contributed by atoms with Crippen molar-refractivity contribution in [1.29, 1.82) is 0 Å². The van der Waals surface area contributed by atoms with Crippen molar-refractivity contribution < 1.29 is 115 Å². The van der Waals surface area contributed by atoms with E-state index in [4.69, 9.17) is 5.53 Å². The van der Waals surface area contributed by atoms with E-state index in [1.165, 1.54) is 0 Å². The highest BCUT2D eigenvalue weighted by molar-refractivity contribution is 7.20. The first-order chi connectivity index (χ1) is 34.6. The number of hydrogen-bond donors (Lipinski definition) is 0. The summed E-state index contributed by atoms with van der Waals surface area (Å²) in [5, 5.41) is 3.31. The molecule has 1 aromatic heterocycles. The summed E-state index contributed by atoms with van der Waals surface area (Å²) in [5.41, 5.74) is -20.3. The van der Waals surface area contributed by atoms with Crippen LogP contribution in [0.5, 0.6) is 0 Å². The first-order valence-corrected chi connectivity index (χ1v) is 20.5. The largest absolute Gasteiger partial charge is 0.416 e. The molecule has 0 fully saturated rings. The Labute approximate surface area is 409 Å². The zero-order valence-electron chi connectivity index (χ0n) is 36.9. The number of aromatic nitrogens is 1. The van der Waals surface area contributed by atoms with Crippen molar-refractivity contribution in [3.63, 3.8) is 0 Å². The Balaban J connectivity index is 0.000000468. The van der Waals surface area contributed by atoms with Gasteiger partial charge in [-0.1, -0.05) is 84.0 Å².